The predicted octanol–water partition coefficient (Wildman–Crippen LogP) is 1.41. The van der Waals surface area contributed by atoms with Crippen LogP contribution < -0.4 is 5.32 Å². The summed E-state index contributed by atoms with van der Waals surface area (Å²) in [5.74, 6) is 0.0608. The lowest BCUT2D eigenvalue weighted by atomic mass is 10.3. The summed E-state index contributed by atoms with van der Waals surface area (Å²) >= 11 is 3.07. The molecule has 0 radical (unpaired) electrons. The van der Waals surface area contributed by atoms with E-state index in [2.05, 4.69) is 27.0 Å². The average Bonchev–Trinajstić information content (AvgIpc) is 3.38. The zero-order valence-electron chi connectivity index (χ0n) is 13.9. The summed E-state index contributed by atoms with van der Waals surface area (Å²) < 4.78 is 1.95. The molecule has 1 fully saturated rings. The van der Waals surface area contributed by atoms with Crippen LogP contribution >= 0.6 is 23.1 Å². The highest BCUT2D eigenvalue weighted by Gasteiger charge is 2.18. The minimum absolute atomic E-state index is 0.00466. The molecule has 134 valence electrons. The van der Waals surface area contributed by atoms with Crippen molar-refractivity contribution in [3.63, 3.8) is 0 Å². The molecule has 1 aliphatic heterocycles. The lowest BCUT2D eigenvalue weighted by molar-refractivity contribution is -0.131. The van der Waals surface area contributed by atoms with Gasteiger partial charge in [-0.2, -0.15) is 0 Å². The summed E-state index contributed by atoms with van der Waals surface area (Å²) in [5, 5.41) is 13.5. The standard InChI is InChI=1S/C16H21N5O2S2/c22-14(17-10-15(23)20-6-1-2-7-20)11-25-16-19-18-12-21(16)8-5-13-4-3-9-24-13/h3-4,9,12H,1-2,5-8,10-11H2,(H,17,22). The van der Waals surface area contributed by atoms with Crippen LogP contribution in [0.15, 0.2) is 29.0 Å². The number of thiophene rings is 1. The Hall–Kier alpha value is -1.87. The molecule has 2 amide bonds. The first-order valence-electron chi connectivity index (χ1n) is 8.30. The van der Waals surface area contributed by atoms with Crippen molar-refractivity contribution in [3.8, 4) is 0 Å². The summed E-state index contributed by atoms with van der Waals surface area (Å²) in [4.78, 5) is 27.0. The molecule has 0 spiro atoms. The molecule has 0 unspecified atom stereocenters. The molecular formula is C16H21N5O2S2. The number of nitrogens with one attached hydrogen (secondary N) is 1. The Morgan fingerprint density at radius 2 is 2.16 bits per heavy atom. The number of amides is 2. The maximum absolute atomic E-state index is 12.0. The van der Waals surface area contributed by atoms with Gasteiger partial charge in [0.15, 0.2) is 5.16 Å². The second kappa shape index (κ2) is 9.00. The number of aromatic nitrogens is 3. The SMILES string of the molecule is O=C(CSc1nncn1CCc1cccs1)NCC(=O)N1CCCC1. The fourth-order valence-corrected chi connectivity index (χ4v) is 4.10. The van der Waals surface area contributed by atoms with E-state index in [4.69, 9.17) is 0 Å². The van der Waals surface area contributed by atoms with E-state index in [9.17, 15) is 9.59 Å². The normalized spacial score (nSPS) is 14.0. The zero-order valence-corrected chi connectivity index (χ0v) is 15.5. The van der Waals surface area contributed by atoms with Crippen LogP contribution in [0.1, 0.15) is 17.7 Å². The van der Waals surface area contributed by atoms with E-state index < -0.39 is 0 Å². The van der Waals surface area contributed by atoms with Gasteiger partial charge in [-0.1, -0.05) is 17.8 Å². The van der Waals surface area contributed by atoms with Crippen molar-refractivity contribution < 1.29 is 9.59 Å². The maximum Gasteiger partial charge on any atom is 0.241 e. The third-order valence-electron chi connectivity index (χ3n) is 3.99. The Morgan fingerprint density at radius 3 is 2.92 bits per heavy atom. The van der Waals surface area contributed by atoms with Gasteiger partial charge in [0, 0.05) is 24.5 Å². The molecule has 1 N–H and O–H groups in total. The Kier molecular flexibility index (Phi) is 6.46. The van der Waals surface area contributed by atoms with Gasteiger partial charge in [0.05, 0.1) is 12.3 Å². The zero-order chi connectivity index (χ0) is 17.5. The number of rotatable bonds is 8. The van der Waals surface area contributed by atoms with Crippen molar-refractivity contribution >= 4 is 34.9 Å². The molecule has 0 atom stereocenters. The van der Waals surface area contributed by atoms with Gasteiger partial charge in [0.2, 0.25) is 11.8 Å². The Labute approximate surface area is 154 Å². The maximum atomic E-state index is 12.0. The molecule has 0 aromatic carbocycles. The molecule has 0 bridgehead atoms. The molecule has 0 saturated carbocycles. The summed E-state index contributed by atoms with van der Waals surface area (Å²) in [6.07, 6.45) is 4.71. The summed E-state index contributed by atoms with van der Waals surface area (Å²) in [6, 6.07) is 4.14. The Balaban J connectivity index is 1.40. The fraction of sp³-hybridized carbons (Fsp3) is 0.500. The van der Waals surface area contributed by atoms with Crippen molar-refractivity contribution in [2.45, 2.75) is 31.0 Å². The second-order valence-corrected chi connectivity index (χ2v) is 7.76. The number of carbonyl (C=O) groups excluding carboxylic acids is 2. The van der Waals surface area contributed by atoms with Gasteiger partial charge in [-0.15, -0.1) is 21.5 Å². The third kappa shape index (κ3) is 5.30. The van der Waals surface area contributed by atoms with Crippen LogP contribution in [0.3, 0.4) is 0 Å². The van der Waals surface area contributed by atoms with Crippen LogP contribution in [0, 0.1) is 0 Å². The third-order valence-corrected chi connectivity index (χ3v) is 5.90. The Morgan fingerprint density at radius 1 is 1.32 bits per heavy atom. The van der Waals surface area contributed by atoms with E-state index in [0.717, 1.165) is 44.1 Å². The molecule has 1 aliphatic rings. The Bertz CT molecular complexity index is 695. The molecule has 3 rings (SSSR count). The topological polar surface area (TPSA) is 80.1 Å². The molecule has 25 heavy (non-hydrogen) atoms. The minimum Gasteiger partial charge on any atom is -0.346 e. The van der Waals surface area contributed by atoms with E-state index in [0.29, 0.717) is 0 Å². The number of hydrogen-bond acceptors (Lipinski definition) is 6. The van der Waals surface area contributed by atoms with Crippen molar-refractivity contribution in [2.24, 2.45) is 0 Å². The van der Waals surface area contributed by atoms with Gasteiger partial charge in [-0.25, -0.2) is 0 Å². The van der Waals surface area contributed by atoms with Gasteiger partial charge in [0.1, 0.15) is 6.33 Å². The number of thioether (sulfide) groups is 1. The van der Waals surface area contributed by atoms with Crippen LogP contribution in [-0.2, 0) is 22.6 Å². The van der Waals surface area contributed by atoms with E-state index in [1.54, 1.807) is 22.6 Å². The van der Waals surface area contributed by atoms with E-state index in [-0.39, 0.29) is 24.1 Å². The number of likely N-dealkylation sites (tertiary alicyclic amines) is 1. The van der Waals surface area contributed by atoms with Crippen molar-refractivity contribution in [2.75, 3.05) is 25.4 Å². The quantitative estimate of drug-likeness (QED) is 0.702. The van der Waals surface area contributed by atoms with Crippen molar-refractivity contribution in [1.29, 1.82) is 0 Å². The largest absolute Gasteiger partial charge is 0.346 e. The number of carbonyl (C=O) groups is 2. The first kappa shape index (κ1) is 17.9. The minimum atomic E-state index is -0.162. The van der Waals surface area contributed by atoms with Crippen LogP contribution in [-0.4, -0.2) is 56.9 Å². The number of aryl methyl sites for hydroxylation is 2. The monoisotopic (exact) mass is 379 g/mol. The summed E-state index contributed by atoms with van der Waals surface area (Å²) in [7, 11) is 0. The molecule has 2 aromatic rings. The molecular weight excluding hydrogens is 358 g/mol. The number of nitrogens with zero attached hydrogens (tertiary/aromatic N) is 4. The van der Waals surface area contributed by atoms with Crippen molar-refractivity contribution in [1.82, 2.24) is 25.0 Å². The van der Waals surface area contributed by atoms with Gasteiger partial charge in [-0.3, -0.25) is 9.59 Å². The van der Waals surface area contributed by atoms with E-state index in [1.165, 1.54) is 16.6 Å². The van der Waals surface area contributed by atoms with Crippen LogP contribution in [0.5, 0.6) is 0 Å². The highest BCUT2D eigenvalue weighted by atomic mass is 32.2. The van der Waals surface area contributed by atoms with Gasteiger partial charge in [0.25, 0.3) is 0 Å². The fourth-order valence-electron chi connectivity index (χ4n) is 2.63. The average molecular weight is 380 g/mol. The predicted molar refractivity (Wildman–Crippen MR) is 97.6 cm³/mol. The smallest absolute Gasteiger partial charge is 0.241 e. The molecule has 2 aromatic heterocycles. The van der Waals surface area contributed by atoms with Crippen LogP contribution in [0.2, 0.25) is 0 Å². The van der Waals surface area contributed by atoms with Crippen LogP contribution in [0.25, 0.3) is 0 Å². The highest BCUT2D eigenvalue weighted by Crippen LogP contribution is 2.16. The van der Waals surface area contributed by atoms with Gasteiger partial charge < -0.3 is 14.8 Å². The molecule has 7 nitrogen and oxygen atoms in total. The second-order valence-electron chi connectivity index (χ2n) is 5.79. The summed E-state index contributed by atoms with van der Waals surface area (Å²) in [5.41, 5.74) is 0. The number of hydrogen-bond donors (Lipinski definition) is 1. The lowest BCUT2D eigenvalue weighted by Gasteiger charge is -2.15. The van der Waals surface area contributed by atoms with E-state index >= 15 is 0 Å². The van der Waals surface area contributed by atoms with Gasteiger partial charge in [-0.05, 0) is 30.7 Å². The van der Waals surface area contributed by atoms with Gasteiger partial charge >= 0.3 is 0 Å². The summed E-state index contributed by atoms with van der Waals surface area (Å²) in [6.45, 7) is 2.46. The van der Waals surface area contributed by atoms with Crippen LogP contribution in [0.4, 0.5) is 0 Å². The van der Waals surface area contributed by atoms with E-state index in [1.807, 2.05) is 10.6 Å². The molecule has 3 heterocycles. The van der Waals surface area contributed by atoms with Crippen molar-refractivity contribution in [3.05, 3.63) is 28.7 Å². The first-order valence-corrected chi connectivity index (χ1v) is 10.2. The first-order chi connectivity index (χ1) is 12.2. The molecule has 0 aliphatic carbocycles. The molecule has 9 heteroatoms. The highest BCUT2D eigenvalue weighted by molar-refractivity contribution is 7.99. The lowest BCUT2D eigenvalue weighted by Crippen LogP contribution is -2.39. The molecule has 1 saturated heterocycles.